The Morgan fingerprint density at radius 2 is 2.06 bits per heavy atom. The number of nitrogens with one attached hydrogen (secondary N) is 1. The third-order valence-corrected chi connectivity index (χ3v) is 2.28. The molecule has 17 heavy (non-hydrogen) atoms. The smallest absolute Gasteiger partial charge is 0.244 e. The van der Waals surface area contributed by atoms with E-state index in [0.29, 0.717) is 0 Å². The van der Waals surface area contributed by atoms with Crippen molar-refractivity contribution < 1.29 is 13.2 Å². The van der Waals surface area contributed by atoms with Gasteiger partial charge in [-0.25, -0.2) is 9.89 Å². The molecule has 2 rings (SSSR count). The molecule has 0 saturated carbocycles. The molecule has 1 heterocycles. The van der Waals surface area contributed by atoms with Crippen LogP contribution in [0, 0.1) is 0 Å². The molecule has 9 heteroatoms. The van der Waals surface area contributed by atoms with Gasteiger partial charge in [0.2, 0.25) is 0 Å². The summed E-state index contributed by atoms with van der Waals surface area (Å²) in [7, 11) is 0. The third kappa shape index (κ3) is 2.16. The number of alkyl halides is 3. The lowest BCUT2D eigenvalue weighted by Gasteiger charge is -2.08. The molecule has 1 N–H and O–H groups in total. The van der Waals surface area contributed by atoms with E-state index in [2.05, 4.69) is 10.4 Å². The van der Waals surface area contributed by atoms with Crippen molar-refractivity contribution in [1.29, 1.82) is 0 Å². The highest BCUT2D eigenvalue weighted by Gasteiger charge is 2.31. The van der Waals surface area contributed by atoms with E-state index >= 15 is 0 Å². The summed E-state index contributed by atoms with van der Waals surface area (Å²) in [4.78, 5) is 11.2. The molecule has 0 atom stereocenters. The molecule has 1 aromatic heterocycles. The van der Waals surface area contributed by atoms with Crippen molar-refractivity contribution in [2.45, 2.75) is 6.18 Å². The van der Waals surface area contributed by atoms with Crippen molar-refractivity contribution in [3.05, 3.63) is 39.3 Å². The molecule has 2 aromatic rings. The highest BCUT2D eigenvalue weighted by Crippen LogP contribution is 2.32. The third-order valence-electron chi connectivity index (χ3n) is 1.98. The molecule has 0 unspecified atom stereocenters. The van der Waals surface area contributed by atoms with Crippen LogP contribution in [-0.4, -0.2) is 20.2 Å². The Bertz CT molecular complexity index is 603. The maximum Gasteiger partial charge on any atom is 0.416 e. The zero-order valence-electron chi connectivity index (χ0n) is 7.99. The first-order chi connectivity index (χ1) is 7.89. The van der Waals surface area contributed by atoms with Gasteiger partial charge in [-0.2, -0.15) is 17.9 Å². The number of nitrogens with zero attached hydrogens (tertiary/aromatic N) is 3. The fourth-order valence-electron chi connectivity index (χ4n) is 1.21. The number of aromatic amines is 1. The molecule has 0 radical (unpaired) electrons. The van der Waals surface area contributed by atoms with Crippen LogP contribution in [0.4, 0.5) is 13.2 Å². The van der Waals surface area contributed by atoms with Crippen molar-refractivity contribution in [2.75, 3.05) is 0 Å². The highest BCUT2D eigenvalue weighted by molar-refractivity contribution is 6.32. The topological polar surface area (TPSA) is 63.6 Å². The molecular weight excluding hydrogens is 261 g/mol. The van der Waals surface area contributed by atoms with Crippen LogP contribution in [0.5, 0.6) is 0 Å². The van der Waals surface area contributed by atoms with Crippen molar-refractivity contribution in [3.8, 4) is 5.69 Å². The second-order valence-corrected chi connectivity index (χ2v) is 3.49. The normalized spacial score (nSPS) is 11.8. The van der Waals surface area contributed by atoms with Crippen molar-refractivity contribution >= 4 is 11.6 Å². The van der Waals surface area contributed by atoms with Crippen molar-refractivity contribution in [3.63, 3.8) is 0 Å². The van der Waals surface area contributed by atoms with E-state index in [1.807, 2.05) is 5.10 Å². The molecule has 90 valence electrons. The van der Waals surface area contributed by atoms with Gasteiger partial charge >= 0.3 is 11.9 Å². The first-order valence-electron chi connectivity index (χ1n) is 4.27. The Labute approximate surface area is 96.8 Å². The Morgan fingerprint density at radius 3 is 2.53 bits per heavy atom. The molecular formula is C8H4ClF3N4O. The fraction of sp³-hybridized carbons (Fsp3) is 0.125. The minimum atomic E-state index is -4.49. The van der Waals surface area contributed by atoms with Gasteiger partial charge in [-0.05, 0) is 28.6 Å². The van der Waals surface area contributed by atoms with Crippen LogP contribution in [0.3, 0.4) is 0 Å². The molecule has 0 fully saturated rings. The number of rotatable bonds is 1. The minimum Gasteiger partial charge on any atom is -0.244 e. The summed E-state index contributed by atoms with van der Waals surface area (Å²) in [6.07, 6.45) is -4.49. The summed E-state index contributed by atoms with van der Waals surface area (Å²) in [6, 6.07) is 2.58. The van der Waals surface area contributed by atoms with Crippen LogP contribution in [0.1, 0.15) is 5.56 Å². The van der Waals surface area contributed by atoms with E-state index in [0.717, 1.165) is 22.9 Å². The zero-order chi connectivity index (χ0) is 12.6. The lowest BCUT2D eigenvalue weighted by atomic mass is 10.2. The first-order valence-corrected chi connectivity index (χ1v) is 4.65. The van der Waals surface area contributed by atoms with Crippen LogP contribution in [-0.2, 0) is 6.18 Å². The van der Waals surface area contributed by atoms with Gasteiger partial charge in [0.05, 0.1) is 16.3 Å². The van der Waals surface area contributed by atoms with Gasteiger partial charge in [-0.3, -0.25) is 0 Å². The summed E-state index contributed by atoms with van der Waals surface area (Å²) in [5.41, 5.74) is -1.56. The molecule has 0 amide bonds. The second kappa shape index (κ2) is 3.88. The average molecular weight is 265 g/mol. The van der Waals surface area contributed by atoms with Gasteiger partial charge in [0.1, 0.15) is 0 Å². The van der Waals surface area contributed by atoms with Gasteiger partial charge in [-0.15, -0.1) is 0 Å². The minimum absolute atomic E-state index is 0.0263. The van der Waals surface area contributed by atoms with Crippen LogP contribution in [0.15, 0.2) is 23.0 Å². The summed E-state index contributed by atoms with van der Waals surface area (Å²) < 4.78 is 37.8. The Hall–Kier alpha value is -1.83. The number of hydrogen-bond acceptors (Lipinski definition) is 3. The summed E-state index contributed by atoms with van der Waals surface area (Å²) in [5, 5.41) is 8.34. The van der Waals surface area contributed by atoms with E-state index in [-0.39, 0.29) is 10.7 Å². The number of halogens is 4. The van der Waals surface area contributed by atoms with E-state index in [1.165, 1.54) is 0 Å². The van der Waals surface area contributed by atoms with E-state index < -0.39 is 17.4 Å². The summed E-state index contributed by atoms with van der Waals surface area (Å²) in [6.45, 7) is 0. The number of hydrogen-bond donors (Lipinski definition) is 1. The molecule has 1 aromatic carbocycles. The van der Waals surface area contributed by atoms with E-state index in [9.17, 15) is 18.0 Å². The van der Waals surface area contributed by atoms with Crippen LogP contribution < -0.4 is 5.69 Å². The molecule has 0 aliphatic rings. The number of aromatic nitrogens is 4. The zero-order valence-corrected chi connectivity index (χ0v) is 8.75. The molecule has 0 aliphatic carbocycles. The molecule has 0 spiro atoms. The summed E-state index contributed by atoms with van der Waals surface area (Å²) >= 11 is 5.66. The molecule has 5 nitrogen and oxygen atoms in total. The largest absolute Gasteiger partial charge is 0.416 e. The van der Waals surface area contributed by atoms with Gasteiger partial charge < -0.3 is 0 Å². The monoisotopic (exact) mass is 264 g/mol. The average Bonchev–Trinajstić information content (AvgIpc) is 2.63. The Kier molecular flexibility index (Phi) is 2.66. The predicted octanol–water partition coefficient (Wildman–Crippen LogP) is 1.63. The van der Waals surface area contributed by atoms with Crippen molar-refractivity contribution in [1.82, 2.24) is 20.2 Å². The number of benzene rings is 1. The second-order valence-electron chi connectivity index (χ2n) is 3.08. The van der Waals surface area contributed by atoms with Gasteiger partial charge in [0.25, 0.3) is 0 Å². The van der Waals surface area contributed by atoms with Gasteiger partial charge in [0.15, 0.2) is 0 Å². The quantitative estimate of drug-likeness (QED) is 0.851. The number of H-pyrrole nitrogens is 1. The lowest BCUT2D eigenvalue weighted by Crippen LogP contribution is -2.16. The molecule has 0 bridgehead atoms. The van der Waals surface area contributed by atoms with Crippen molar-refractivity contribution in [2.24, 2.45) is 0 Å². The van der Waals surface area contributed by atoms with E-state index in [1.54, 1.807) is 0 Å². The Morgan fingerprint density at radius 1 is 1.35 bits per heavy atom. The SMILES string of the molecule is O=c1[nH]nnn1-c1ccc(C(F)(F)F)cc1Cl. The summed E-state index contributed by atoms with van der Waals surface area (Å²) in [5.74, 6) is 0. The fourth-order valence-corrected chi connectivity index (χ4v) is 1.47. The van der Waals surface area contributed by atoms with Gasteiger partial charge in [0, 0.05) is 0 Å². The van der Waals surface area contributed by atoms with Crippen LogP contribution in [0.2, 0.25) is 5.02 Å². The lowest BCUT2D eigenvalue weighted by molar-refractivity contribution is -0.137. The Balaban J connectivity index is 2.54. The highest BCUT2D eigenvalue weighted by atomic mass is 35.5. The maximum atomic E-state index is 12.4. The van der Waals surface area contributed by atoms with Gasteiger partial charge in [-0.1, -0.05) is 11.6 Å². The maximum absolute atomic E-state index is 12.4. The van der Waals surface area contributed by atoms with Crippen LogP contribution in [0.25, 0.3) is 5.69 Å². The van der Waals surface area contributed by atoms with Crippen LogP contribution >= 0.6 is 11.6 Å². The number of tetrazole rings is 1. The standard InChI is InChI=1S/C8H4ClF3N4O/c9-5-3-4(8(10,11)12)1-2-6(5)16-7(17)13-14-15-16/h1-3H,(H,13,15,17). The molecule has 0 aliphatic heterocycles. The first kappa shape index (κ1) is 11.6. The van der Waals surface area contributed by atoms with E-state index in [4.69, 9.17) is 11.6 Å². The molecule has 0 saturated heterocycles. The predicted molar refractivity (Wildman–Crippen MR) is 52.0 cm³/mol.